The van der Waals surface area contributed by atoms with Crippen molar-refractivity contribution in [2.75, 3.05) is 33.2 Å². The lowest BCUT2D eigenvalue weighted by atomic mass is 9.73. The number of hydrogen-bond donors (Lipinski definition) is 4. The monoisotopic (exact) mass is 551 g/mol. The Bertz CT molecular complexity index is 1270. The van der Waals surface area contributed by atoms with E-state index in [4.69, 9.17) is 4.98 Å². The second-order valence-corrected chi connectivity index (χ2v) is 12.7. The summed E-state index contributed by atoms with van der Waals surface area (Å²) >= 11 is 0. The molecule has 0 radical (unpaired) electrons. The van der Waals surface area contributed by atoms with Crippen molar-refractivity contribution in [3.05, 3.63) is 46.3 Å². The van der Waals surface area contributed by atoms with Gasteiger partial charge in [0.1, 0.15) is 5.82 Å². The van der Waals surface area contributed by atoms with Gasteiger partial charge in [-0.3, -0.25) is 20.0 Å². The minimum Gasteiger partial charge on any atom is -0.505 e. The topological polar surface area (TPSA) is 99.8 Å². The van der Waals surface area contributed by atoms with Gasteiger partial charge in [0.15, 0.2) is 11.6 Å². The Hall–Kier alpha value is -2.53. The fraction of sp³-hybridized carbons (Fsp3) is 0.667. The van der Waals surface area contributed by atoms with Crippen LogP contribution in [0.5, 0.6) is 5.75 Å². The highest BCUT2D eigenvalue weighted by molar-refractivity contribution is 5.83. The summed E-state index contributed by atoms with van der Waals surface area (Å²) in [7, 11) is 2.05. The predicted octanol–water partition coefficient (Wildman–Crippen LogP) is 2.58. The number of H-pyrrole nitrogens is 1. The van der Waals surface area contributed by atoms with Crippen LogP contribution in [0.3, 0.4) is 0 Å². The van der Waals surface area contributed by atoms with Gasteiger partial charge in [0.25, 0.3) is 0 Å². The molecule has 4 fully saturated rings. The van der Waals surface area contributed by atoms with Crippen LogP contribution in [-0.2, 0) is 24.2 Å². The molecular formula is C30H42FN7O2. The van der Waals surface area contributed by atoms with Gasteiger partial charge in [0, 0.05) is 38.1 Å². The van der Waals surface area contributed by atoms with E-state index in [0.29, 0.717) is 24.9 Å². The molecule has 5 unspecified atom stereocenters. The predicted molar refractivity (Wildman–Crippen MR) is 149 cm³/mol. The van der Waals surface area contributed by atoms with E-state index in [9.17, 15) is 14.3 Å². The lowest BCUT2D eigenvalue weighted by molar-refractivity contribution is -0.144. The fourth-order valence-corrected chi connectivity index (χ4v) is 8.00. The Labute approximate surface area is 235 Å². The van der Waals surface area contributed by atoms with E-state index in [1.165, 1.54) is 25.9 Å². The fourth-order valence-electron chi connectivity index (χ4n) is 8.00. The smallest absolute Gasteiger partial charge is 0.240 e. The molecule has 4 N–H and O–H groups in total. The summed E-state index contributed by atoms with van der Waals surface area (Å²) in [5, 5.41) is 9.86. The van der Waals surface area contributed by atoms with Gasteiger partial charge >= 0.3 is 0 Å². The molecule has 4 aliphatic heterocycles. The molecule has 1 aliphatic carbocycles. The third-order valence-corrected chi connectivity index (χ3v) is 10.4. The largest absolute Gasteiger partial charge is 0.505 e. The van der Waals surface area contributed by atoms with E-state index < -0.39 is 5.82 Å². The molecule has 1 amide bonds. The van der Waals surface area contributed by atoms with Gasteiger partial charge in [-0.1, -0.05) is 6.92 Å². The maximum Gasteiger partial charge on any atom is 0.240 e. The average Bonchev–Trinajstić information content (AvgIpc) is 3.68. The maximum absolute atomic E-state index is 14.2. The van der Waals surface area contributed by atoms with Gasteiger partial charge in [-0.25, -0.2) is 14.8 Å². The van der Waals surface area contributed by atoms with Crippen molar-refractivity contribution in [2.45, 2.75) is 88.5 Å². The molecule has 1 aromatic carbocycles. The van der Waals surface area contributed by atoms with Crippen molar-refractivity contribution in [3.8, 4) is 5.75 Å². The Kier molecular flexibility index (Phi) is 6.85. The van der Waals surface area contributed by atoms with Crippen LogP contribution in [0.1, 0.15) is 79.3 Å². The van der Waals surface area contributed by atoms with E-state index in [-0.39, 0.29) is 35.7 Å². The van der Waals surface area contributed by atoms with Gasteiger partial charge in [0.2, 0.25) is 5.91 Å². The highest BCUT2D eigenvalue weighted by Gasteiger charge is 2.45. The third-order valence-electron chi connectivity index (χ3n) is 10.4. The molecule has 5 atom stereocenters. The van der Waals surface area contributed by atoms with Gasteiger partial charge in [-0.15, -0.1) is 0 Å². The molecule has 2 aromatic rings. The molecule has 1 aromatic heterocycles. The van der Waals surface area contributed by atoms with Crippen molar-refractivity contribution >= 4 is 5.91 Å². The molecule has 40 heavy (non-hydrogen) atoms. The zero-order valence-corrected chi connectivity index (χ0v) is 23.6. The normalized spacial score (nSPS) is 31.3. The Morgan fingerprint density at radius 2 is 1.98 bits per heavy atom. The van der Waals surface area contributed by atoms with E-state index in [0.717, 1.165) is 67.1 Å². The number of likely N-dealkylation sites (N-methyl/N-ethyl adjacent to an activating group) is 1. The summed E-state index contributed by atoms with van der Waals surface area (Å²) in [6.45, 7) is 6.83. The number of rotatable bonds is 5. The highest BCUT2D eigenvalue weighted by atomic mass is 19.1. The summed E-state index contributed by atoms with van der Waals surface area (Å²) in [6, 6.07) is 3.86. The molecule has 0 bridgehead atoms. The zero-order valence-electron chi connectivity index (χ0n) is 23.6. The Morgan fingerprint density at radius 3 is 2.75 bits per heavy atom. The average molecular weight is 552 g/mol. The number of hydrogen-bond acceptors (Lipinski definition) is 7. The highest BCUT2D eigenvalue weighted by Crippen LogP contribution is 2.44. The van der Waals surface area contributed by atoms with Crippen LogP contribution in [0.2, 0.25) is 0 Å². The lowest BCUT2D eigenvalue weighted by Crippen LogP contribution is -2.64. The lowest BCUT2D eigenvalue weighted by Gasteiger charge is -2.46. The number of aromatic nitrogens is 2. The number of aromatic hydroxyl groups is 1. The van der Waals surface area contributed by atoms with Crippen LogP contribution in [0.15, 0.2) is 12.1 Å². The van der Waals surface area contributed by atoms with Crippen LogP contribution in [0.4, 0.5) is 4.39 Å². The summed E-state index contributed by atoms with van der Waals surface area (Å²) in [5.74, 6) is 1.04. The molecule has 216 valence electrons. The van der Waals surface area contributed by atoms with Crippen LogP contribution in [0, 0.1) is 11.7 Å². The zero-order chi connectivity index (χ0) is 27.5. The minimum absolute atomic E-state index is 0.0785. The number of amides is 1. The SMILES string of the molecule is CCc1cc(O)c(F)cc1C1CCC2C(C1)NNC2c1nc2c([nH]1)CN(C)C(C(=O)N1CC(N3CCCC3)C1)C2. The number of aryl methyl sites for hydroxylation is 1. The summed E-state index contributed by atoms with van der Waals surface area (Å²) in [5.41, 5.74) is 11.2. The number of fused-ring (bicyclic) bond motifs is 2. The van der Waals surface area contributed by atoms with Gasteiger partial charge in [-0.2, -0.15) is 0 Å². The number of nitrogens with zero attached hydrogens (tertiary/aromatic N) is 4. The molecule has 3 saturated heterocycles. The van der Waals surface area contributed by atoms with E-state index in [1.807, 2.05) is 11.9 Å². The Morgan fingerprint density at radius 1 is 1.18 bits per heavy atom. The molecule has 1 saturated carbocycles. The third kappa shape index (κ3) is 4.53. The number of carbonyl (C=O) groups excluding carboxylic acids is 1. The first-order valence-electron chi connectivity index (χ1n) is 15.2. The van der Waals surface area contributed by atoms with E-state index in [1.54, 1.807) is 12.1 Å². The molecule has 5 aliphatic rings. The second-order valence-electron chi connectivity index (χ2n) is 12.7. The van der Waals surface area contributed by atoms with E-state index >= 15 is 0 Å². The van der Waals surface area contributed by atoms with Crippen LogP contribution in [0.25, 0.3) is 0 Å². The van der Waals surface area contributed by atoms with Crippen molar-refractivity contribution in [1.82, 2.24) is 35.5 Å². The van der Waals surface area contributed by atoms with E-state index in [2.05, 4.69) is 32.6 Å². The quantitative estimate of drug-likeness (QED) is 0.453. The van der Waals surface area contributed by atoms with Gasteiger partial charge in [-0.05, 0) is 93.8 Å². The summed E-state index contributed by atoms with van der Waals surface area (Å²) in [4.78, 5) is 28.8. The number of nitrogens with one attached hydrogen (secondary N) is 3. The molecular weight excluding hydrogens is 509 g/mol. The van der Waals surface area contributed by atoms with Crippen LogP contribution in [-0.4, -0.2) is 87.0 Å². The molecule has 5 heterocycles. The van der Waals surface area contributed by atoms with Gasteiger partial charge in [0.05, 0.1) is 23.5 Å². The second kappa shape index (κ2) is 10.4. The van der Waals surface area contributed by atoms with Crippen molar-refractivity contribution in [2.24, 2.45) is 5.92 Å². The number of imidazole rings is 1. The molecule has 0 spiro atoms. The number of phenolic OH excluding ortho intramolecular Hbond substituents is 1. The number of likely N-dealkylation sites (tertiary alicyclic amines) is 2. The minimum atomic E-state index is -0.534. The van der Waals surface area contributed by atoms with Crippen molar-refractivity contribution in [3.63, 3.8) is 0 Å². The van der Waals surface area contributed by atoms with Crippen LogP contribution >= 0.6 is 0 Å². The standard InChI is InChI=1S/C30H42FN7O2/c1-3-17-11-27(39)22(31)12-21(17)18-6-7-20-23(10-18)34-35-28(20)29-32-24-13-26(36(2)16-25(24)33-29)30(40)38-14-19(15-38)37-8-4-5-9-37/h11-12,18-20,23,26,28,34-35,39H,3-10,13-16H2,1-2H3,(H,32,33). The van der Waals surface area contributed by atoms with Crippen molar-refractivity contribution in [1.29, 1.82) is 0 Å². The maximum atomic E-state index is 14.2. The van der Waals surface area contributed by atoms with Gasteiger partial charge < -0.3 is 15.0 Å². The number of carbonyl (C=O) groups is 1. The van der Waals surface area contributed by atoms with Crippen LogP contribution < -0.4 is 10.9 Å². The number of benzene rings is 1. The first kappa shape index (κ1) is 26.4. The Balaban J connectivity index is 1.01. The number of phenols is 1. The van der Waals surface area contributed by atoms with Crippen molar-refractivity contribution < 1.29 is 14.3 Å². The first-order chi connectivity index (χ1) is 19.4. The molecule has 10 heteroatoms. The molecule has 9 nitrogen and oxygen atoms in total. The molecule has 7 rings (SSSR count). The first-order valence-corrected chi connectivity index (χ1v) is 15.2. The number of hydrazine groups is 1. The number of aromatic amines is 1. The summed E-state index contributed by atoms with van der Waals surface area (Å²) in [6.07, 6.45) is 6.89. The number of halogens is 1. The summed E-state index contributed by atoms with van der Waals surface area (Å²) < 4.78 is 14.2.